The second-order valence-electron chi connectivity index (χ2n) is 7.92. The van der Waals surface area contributed by atoms with Crippen LogP contribution in [0.15, 0.2) is 83.1 Å². The van der Waals surface area contributed by atoms with Crippen molar-refractivity contribution in [1.82, 2.24) is 4.90 Å². The van der Waals surface area contributed by atoms with E-state index in [9.17, 15) is 9.90 Å². The first-order valence-electron chi connectivity index (χ1n) is 10.6. The van der Waals surface area contributed by atoms with Gasteiger partial charge in [-0.3, -0.25) is 9.69 Å². The fourth-order valence-electron chi connectivity index (χ4n) is 4.34. The zero-order valence-corrected chi connectivity index (χ0v) is 17.3. The van der Waals surface area contributed by atoms with Gasteiger partial charge in [0.05, 0.1) is 18.5 Å². The van der Waals surface area contributed by atoms with Crippen molar-refractivity contribution in [3.05, 3.63) is 101 Å². The third-order valence-electron chi connectivity index (χ3n) is 6.13. The summed E-state index contributed by atoms with van der Waals surface area (Å²) < 4.78 is 25.3. The monoisotopic (exact) mass is 418 g/mol. The highest BCUT2D eigenvalue weighted by atomic mass is 16.5. The molecule has 6 nitrogen and oxygen atoms in total. The third-order valence-corrected chi connectivity index (χ3v) is 6.13. The average Bonchev–Trinajstić information content (AvgIpc) is 3.42. The number of hydrogen-bond donors (Lipinski definition) is 1. The molecule has 0 radical (unpaired) electrons. The molecule has 31 heavy (non-hydrogen) atoms. The molecule has 6 heteroatoms. The fraction of sp³-hybridized carbons (Fsp3) is 0.240. The molecule has 2 bridgehead atoms. The van der Waals surface area contributed by atoms with Gasteiger partial charge in [0, 0.05) is 5.56 Å². The van der Waals surface area contributed by atoms with Gasteiger partial charge in [0.15, 0.2) is 17.9 Å². The van der Waals surface area contributed by atoms with Crippen LogP contribution in [0.3, 0.4) is 0 Å². The number of ether oxygens (including phenoxy) is 2. The van der Waals surface area contributed by atoms with Gasteiger partial charge in [-0.2, -0.15) is 0 Å². The second-order valence-corrected chi connectivity index (χ2v) is 7.92. The van der Waals surface area contributed by atoms with Crippen LogP contribution >= 0.6 is 0 Å². The summed E-state index contributed by atoms with van der Waals surface area (Å²) >= 11 is 0. The van der Waals surface area contributed by atoms with Crippen LogP contribution in [-0.4, -0.2) is 28.2 Å². The van der Waals surface area contributed by atoms with Crippen LogP contribution in [0.25, 0.3) is 5.70 Å². The number of fused-ring (bicyclic) bond motifs is 5. The molecule has 6 rings (SSSR count). The number of rotatable bonds is 3. The van der Waals surface area contributed by atoms with E-state index in [4.69, 9.17) is 15.3 Å². The van der Waals surface area contributed by atoms with Gasteiger partial charge in [-0.1, -0.05) is 54.6 Å². The lowest BCUT2D eigenvalue weighted by atomic mass is 9.74. The largest absolute Gasteiger partial charge is 0.475 e. The molecule has 3 aliphatic heterocycles. The Kier molecular flexibility index (Phi) is 4.23. The number of aliphatic hydroxyl groups is 1. The van der Waals surface area contributed by atoms with Crippen LogP contribution < -0.4 is 0 Å². The average molecular weight is 418 g/mol. The zero-order chi connectivity index (χ0) is 22.5. The lowest BCUT2D eigenvalue weighted by molar-refractivity contribution is -0.197. The SMILES string of the molecule is [2H]c1ccc([C@@]2(O)c3ccc(cc3)CO[C@]2(C)C(=O)N2COC(C)=C2c2ccccc2)o1. The molecular formula is C25H23NO5. The van der Waals surface area contributed by atoms with Crippen LogP contribution in [0.5, 0.6) is 0 Å². The van der Waals surface area contributed by atoms with Gasteiger partial charge < -0.3 is 19.0 Å². The summed E-state index contributed by atoms with van der Waals surface area (Å²) in [7, 11) is 0. The van der Waals surface area contributed by atoms with E-state index in [0.29, 0.717) is 17.0 Å². The van der Waals surface area contributed by atoms with Gasteiger partial charge in [0.25, 0.3) is 5.91 Å². The zero-order valence-electron chi connectivity index (χ0n) is 18.3. The smallest absolute Gasteiger partial charge is 0.265 e. The van der Waals surface area contributed by atoms with Crippen molar-refractivity contribution in [3.8, 4) is 0 Å². The quantitative estimate of drug-likeness (QED) is 0.696. The Morgan fingerprint density at radius 2 is 1.84 bits per heavy atom. The predicted octanol–water partition coefficient (Wildman–Crippen LogP) is 4.01. The van der Waals surface area contributed by atoms with Gasteiger partial charge >= 0.3 is 0 Å². The van der Waals surface area contributed by atoms with E-state index in [2.05, 4.69) is 0 Å². The van der Waals surface area contributed by atoms with Crippen molar-refractivity contribution in [1.29, 1.82) is 0 Å². The molecule has 3 aromatic rings. The molecule has 1 amide bonds. The van der Waals surface area contributed by atoms with Crippen molar-refractivity contribution in [2.75, 3.05) is 6.73 Å². The number of nitrogens with zero attached hydrogens (tertiary/aromatic N) is 1. The molecule has 0 spiro atoms. The van der Waals surface area contributed by atoms with Crippen LogP contribution in [0.4, 0.5) is 0 Å². The van der Waals surface area contributed by atoms with Gasteiger partial charge in [0.1, 0.15) is 12.9 Å². The van der Waals surface area contributed by atoms with E-state index in [1.54, 1.807) is 26.0 Å². The molecule has 1 aromatic heterocycles. The van der Waals surface area contributed by atoms with Crippen molar-refractivity contribution in [2.24, 2.45) is 0 Å². The highest BCUT2D eigenvalue weighted by Gasteiger charge is 2.60. The Hall–Kier alpha value is -3.35. The number of amides is 1. The normalized spacial score (nSPS) is 25.8. The maximum Gasteiger partial charge on any atom is 0.265 e. The number of allylic oxidation sites excluding steroid dienone is 1. The molecular weight excluding hydrogens is 394 g/mol. The van der Waals surface area contributed by atoms with Crippen molar-refractivity contribution < 1.29 is 25.2 Å². The predicted molar refractivity (Wildman–Crippen MR) is 113 cm³/mol. The number of hydrogen-bond acceptors (Lipinski definition) is 5. The second kappa shape index (κ2) is 7.11. The molecule has 0 saturated carbocycles. The Labute approximate surface area is 181 Å². The summed E-state index contributed by atoms with van der Waals surface area (Å²) in [6.45, 7) is 3.49. The van der Waals surface area contributed by atoms with Crippen molar-refractivity contribution >= 4 is 11.6 Å². The van der Waals surface area contributed by atoms with Crippen LogP contribution in [0.2, 0.25) is 0 Å². The van der Waals surface area contributed by atoms with E-state index in [1.165, 1.54) is 17.0 Å². The number of carbonyl (C=O) groups excluding carboxylic acids is 1. The maximum atomic E-state index is 14.2. The van der Waals surface area contributed by atoms with Gasteiger partial charge in [0.2, 0.25) is 0 Å². The number of carbonyl (C=O) groups is 1. The molecule has 0 saturated heterocycles. The topological polar surface area (TPSA) is 72.1 Å². The van der Waals surface area contributed by atoms with Crippen LogP contribution in [0.1, 0.15) is 37.7 Å². The van der Waals surface area contributed by atoms with Gasteiger partial charge in [-0.25, -0.2) is 0 Å². The fourth-order valence-corrected chi connectivity index (χ4v) is 4.34. The first-order chi connectivity index (χ1) is 15.3. The summed E-state index contributed by atoms with van der Waals surface area (Å²) in [5.74, 6) is 0.202. The molecule has 3 aliphatic rings. The van der Waals surface area contributed by atoms with E-state index in [-0.39, 0.29) is 25.3 Å². The molecule has 158 valence electrons. The molecule has 2 atom stereocenters. The number of benzene rings is 2. The van der Waals surface area contributed by atoms with Gasteiger partial charge in [-0.15, -0.1) is 0 Å². The van der Waals surface area contributed by atoms with Gasteiger partial charge in [-0.05, 0) is 37.1 Å². The Balaban J connectivity index is 1.66. The minimum absolute atomic E-state index is 0.00333. The maximum absolute atomic E-state index is 14.2. The molecule has 0 fully saturated rings. The third kappa shape index (κ3) is 2.83. The molecule has 4 heterocycles. The highest BCUT2D eigenvalue weighted by Crippen LogP contribution is 2.46. The minimum atomic E-state index is -1.97. The first-order valence-corrected chi connectivity index (χ1v) is 10.1. The molecule has 2 aromatic carbocycles. The lowest BCUT2D eigenvalue weighted by Crippen LogP contribution is -2.61. The first kappa shape index (κ1) is 18.4. The lowest BCUT2D eigenvalue weighted by Gasteiger charge is -2.45. The summed E-state index contributed by atoms with van der Waals surface area (Å²) in [5.41, 5.74) is -0.971. The minimum Gasteiger partial charge on any atom is -0.475 e. The summed E-state index contributed by atoms with van der Waals surface area (Å²) in [5, 5.41) is 12.2. The molecule has 0 unspecified atom stereocenters. The molecule has 0 aliphatic carbocycles. The standard InChI is InChI=1S/C25H23NO5/c1-17-22(19-7-4-3-5-8-19)26(16-30-17)23(27)24(2)25(28,21-9-6-14-29-21)20-12-10-18(11-13-20)15-31-24/h3-14,28H,15-16H2,1-2H3/t24-,25+/m1/s1/i14D. The number of furan rings is 1. The van der Waals surface area contributed by atoms with Crippen molar-refractivity contribution in [3.63, 3.8) is 0 Å². The van der Waals surface area contributed by atoms with Crippen molar-refractivity contribution in [2.45, 2.75) is 31.7 Å². The molecule has 1 N–H and O–H groups in total. The Morgan fingerprint density at radius 3 is 2.52 bits per heavy atom. The van der Waals surface area contributed by atoms with E-state index < -0.39 is 17.1 Å². The Morgan fingerprint density at radius 1 is 1.10 bits per heavy atom. The van der Waals surface area contributed by atoms with E-state index in [0.717, 1.165) is 11.1 Å². The van der Waals surface area contributed by atoms with Crippen LogP contribution in [0, 0.1) is 0 Å². The summed E-state index contributed by atoms with van der Waals surface area (Å²) in [6.07, 6.45) is -0.118. The highest BCUT2D eigenvalue weighted by molar-refractivity contribution is 5.95. The summed E-state index contributed by atoms with van der Waals surface area (Å²) in [6, 6.07) is 19.6. The van der Waals surface area contributed by atoms with E-state index in [1.807, 2.05) is 42.5 Å². The van der Waals surface area contributed by atoms with Crippen LogP contribution in [-0.2, 0) is 26.5 Å². The van der Waals surface area contributed by atoms with E-state index >= 15 is 0 Å². The Bertz CT molecular complexity index is 1200. The summed E-state index contributed by atoms with van der Waals surface area (Å²) in [4.78, 5) is 15.7.